The summed E-state index contributed by atoms with van der Waals surface area (Å²) in [5.41, 5.74) is 2.89. The lowest BCUT2D eigenvalue weighted by Gasteiger charge is -2.14. The fourth-order valence-corrected chi connectivity index (χ4v) is 1.89. The Morgan fingerprint density at radius 2 is 2.00 bits per heavy atom. The van der Waals surface area contributed by atoms with Crippen LogP contribution in [0.5, 0.6) is 0 Å². The van der Waals surface area contributed by atoms with Crippen LogP contribution in [0.3, 0.4) is 0 Å². The minimum Gasteiger partial charge on any atom is -0.395 e. The zero-order valence-corrected chi connectivity index (χ0v) is 12.6. The van der Waals surface area contributed by atoms with Gasteiger partial charge >= 0.3 is 0 Å². The van der Waals surface area contributed by atoms with Crippen molar-refractivity contribution in [3.63, 3.8) is 0 Å². The van der Waals surface area contributed by atoms with Crippen molar-refractivity contribution in [3.05, 3.63) is 36.0 Å². The van der Waals surface area contributed by atoms with Crippen molar-refractivity contribution in [3.8, 4) is 0 Å². The summed E-state index contributed by atoms with van der Waals surface area (Å²) in [7, 11) is 4.00. The molecule has 0 spiro atoms. The van der Waals surface area contributed by atoms with Gasteiger partial charge in [-0.2, -0.15) is 4.98 Å². The first kappa shape index (κ1) is 15.1. The second-order valence-electron chi connectivity index (χ2n) is 4.94. The lowest BCUT2D eigenvalue weighted by molar-refractivity contribution is 0.311. The Kier molecular flexibility index (Phi) is 4.94. The molecule has 0 saturated carbocycles. The zero-order chi connectivity index (χ0) is 15.2. The first-order chi connectivity index (χ1) is 10.1. The van der Waals surface area contributed by atoms with E-state index in [1.54, 1.807) is 0 Å². The Hall–Kier alpha value is -2.34. The SMILES string of the molecule is Cc1cc(NCCO)nc(Nc2cccc(N(C)C)c2)n1. The Labute approximate surface area is 124 Å². The topological polar surface area (TPSA) is 73.3 Å². The van der Waals surface area contributed by atoms with Crippen LogP contribution in [0.2, 0.25) is 0 Å². The molecule has 0 fully saturated rings. The standard InChI is InChI=1S/C15H21N5O/c1-11-9-14(16-7-8-21)19-15(17-11)18-12-5-4-6-13(10-12)20(2)3/h4-6,9-10,21H,7-8H2,1-3H3,(H2,16,17,18,19). The fourth-order valence-electron chi connectivity index (χ4n) is 1.89. The molecule has 6 heteroatoms. The van der Waals surface area contributed by atoms with E-state index in [0.717, 1.165) is 17.1 Å². The fraction of sp³-hybridized carbons (Fsp3) is 0.333. The second kappa shape index (κ2) is 6.90. The van der Waals surface area contributed by atoms with Gasteiger partial charge in [-0.3, -0.25) is 0 Å². The van der Waals surface area contributed by atoms with E-state index < -0.39 is 0 Å². The molecule has 1 heterocycles. The monoisotopic (exact) mass is 287 g/mol. The first-order valence-corrected chi connectivity index (χ1v) is 6.83. The van der Waals surface area contributed by atoms with Crippen LogP contribution in [-0.2, 0) is 0 Å². The molecule has 1 aromatic carbocycles. The van der Waals surface area contributed by atoms with Gasteiger partial charge in [0.15, 0.2) is 0 Å². The van der Waals surface area contributed by atoms with Crippen LogP contribution in [0.1, 0.15) is 5.69 Å². The molecule has 2 rings (SSSR count). The zero-order valence-electron chi connectivity index (χ0n) is 12.6. The van der Waals surface area contributed by atoms with E-state index in [0.29, 0.717) is 18.3 Å². The number of benzene rings is 1. The van der Waals surface area contributed by atoms with Gasteiger partial charge in [0.25, 0.3) is 0 Å². The minimum atomic E-state index is 0.0662. The van der Waals surface area contributed by atoms with Gasteiger partial charge in [0.2, 0.25) is 5.95 Å². The van der Waals surface area contributed by atoms with E-state index in [1.807, 2.05) is 56.3 Å². The molecular weight excluding hydrogens is 266 g/mol. The number of aliphatic hydroxyl groups is 1. The quantitative estimate of drug-likeness (QED) is 0.754. The lowest BCUT2D eigenvalue weighted by Crippen LogP contribution is -2.10. The van der Waals surface area contributed by atoms with Crippen LogP contribution in [0.15, 0.2) is 30.3 Å². The molecule has 1 aromatic heterocycles. The number of rotatable bonds is 6. The third-order valence-electron chi connectivity index (χ3n) is 2.89. The molecule has 0 bridgehead atoms. The highest BCUT2D eigenvalue weighted by Crippen LogP contribution is 2.20. The molecule has 0 amide bonds. The average molecular weight is 287 g/mol. The first-order valence-electron chi connectivity index (χ1n) is 6.83. The van der Waals surface area contributed by atoms with Gasteiger partial charge in [-0.15, -0.1) is 0 Å². The summed E-state index contributed by atoms with van der Waals surface area (Å²) in [6.45, 7) is 2.44. The number of nitrogens with one attached hydrogen (secondary N) is 2. The summed E-state index contributed by atoms with van der Waals surface area (Å²) in [5.74, 6) is 1.23. The smallest absolute Gasteiger partial charge is 0.229 e. The Bertz CT molecular complexity index is 600. The predicted octanol–water partition coefficient (Wildman–Crippen LogP) is 2.00. The van der Waals surface area contributed by atoms with E-state index >= 15 is 0 Å². The van der Waals surface area contributed by atoms with Gasteiger partial charge in [0, 0.05) is 43.8 Å². The summed E-state index contributed by atoms with van der Waals surface area (Å²) in [6.07, 6.45) is 0. The lowest BCUT2D eigenvalue weighted by atomic mass is 10.2. The van der Waals surface area contributed by atoms with E-state index in [2.05, 4.69) is 20.6 Å². The van der Waals surface area contributed by atoms with Gasteiger partial charge < -0.3 is 20.6 Å². The highest BCUT2D eigenvalue weighted by molar-refractivity contribution is 5.62. The number of nitrogens with zero attached hydrogens (tertiary/aromatic N) is 3. The Morgan fingerprint density at radius 1 is 1.19 bits per heavy atom. The third-order valence-corrected chi connectivity index (χ3v) is 2.89. The molecule has 0 atom stereocenters. The van der Waals surface area contributed by atoms with E-state index in [1.165, 1.54) is 0 Å². The molecule has 112 valence electrons. The highest BCUT2D eigenvalue weighted by Gasteiger charge is 2.04. The maximum absolute atomic E-state index is 8.86. The number of aliphatic hydroxyl groups excluding tert-OH is 1. The van der Waals surface area contributed by atoms with E-state index in [4.69, 9.17) is 5.11 Å². The predicted molar refractivity (Wildman–Crippen MR) is 86.4 cm³/mol. The molecule has 21 heavy (non-hydrogen) atoms. The van der Waals surface area contributed by atoms with Crippen molar-refractivity contribution >= 4 is 23.1 Å². The molecule has 0 aliphatic rings. The van der Waals surface area contributed by atoms with Crippen LogP contribution in [0.4, 0.5) is 23.1 Å². The largest absolute Gasteiger partial charge is 0.395 e. The molecule has 2 aromatic rings. The second-order valence-corrected chi connectivity index (χ2v) is 4.94. The van der Waals surface area contributed by atoms with Crippen molar-refractivity contribution < 1.29 is 5.11 Å². The van der Waals surface area contributed by atoms with Gasteiger partial charge in [-0.1, -0.05) is 6.07 Å². The van der Waals surface area contributed by atoms with Crippen LogP contribution >= 0.6 is 0 Å². The van der Waals surface area contributed by atoms with Crippen molar-refractivity contribution in [2.24, 2.45) is 0 Å². The van der Waals surface area contributed by atoms with Crippen molar-refractivity contribution in [1.82, 2.24) is 9.97 Å². The minimum absolute atomic E-state index is 0.0662. The van der Waals surface area contributed by atoms with Gasteiger partial charge in [-0.25, -0.2) is 4.98 Å². The van der Waals surface area contributed by atoms with Crippen LogP contribution in [0.25, 0.3) is 0 Å². The number of aryl methyl sites for hydroxylation is 1. The molecule has 0 unspecified atom stereocenters. The Balaban J connectivity index is 2.18. The number of hydrogen-bond acceptors (Lipinski definition) is 6. The summed E-state index contributed by atoms with van der Waals surface area (Å²) in [4.78, 5) is 10.8. The molecule has 0 radical (unpaired) electrons. The van der Waals surface area contributed by atoms with Gasteiger partial charge in [0.05, 0.1) is 6.61 Å². The molecule has 0 aliphatic heterocycles. The normalized spacial score (nSPS) is 10.3. The maximum Gasteiger partial charge on any atom is 0.229 e. The molecule has 0 saturated heterocycles. The van der Waals surface area contributed by atoms with Crippen molar-refractivity contribution in [2.45, 2.75) is 6.92 Å². The van der Waals surface area contributed by atoms with Crippen molar-refractivity contribution in [2.75, 3.05) is 42.8 Å². The molecule has 3 N–H and O–H groups in total. The highest BCUT2D eigenvalue weighted by atomic mass is 16.3. The summed E-state index contributed by atoms with van der Waals surface area (Å²) >= 11 is 0. The number of anilines is 4. The number of aromatic nitrogens is 2. The summed E-state index contributed by atoms with van der Waals surface area (Å²) < 4.78 is 0. The maximum atomic E-state index is 8.86. The van der Waals surface area contributed by atoms with Gasteiger partial charge in [-0.05, 0) is 25.1 Å². The number of hydrogen-bond donors (Lipinski definition) is 3. The molecular formula is C15H21N5O. The molecule has 0 aliphatic carbocycles. The third kappa shape index (κ3) is 4.32. The summed E-state index contributed by atoms with van der Waals surface area (Å²) in [6, 6.07) is 9.87. The van der Waals surface area contributed by atoms with E-state index in [9.17, 15) is 0 Å². The van der Waals surface area contributed by atoms with E-state index in [-0.39, 0.29) is 6.61 Å². The van der Waals surface area contributed by atoms with Crippen LogP contribution in [0, 0.1) is 6.92 Å². The average Bonchev–Trinajstić information content (AvgIpc) is 2.45. The Morgan fingerprint density at radius 3 is 2.71 bits per heavy atom. The molecule has 6 nitrogen and oxygen atoms in total. The summed E-state index contributed by atoms with van der Waals surface area (Å²) in [5, 5.41) is 15.1. The van der Waals surface area contributed by atoms with Crippen LogP contribution in [-0.4, -0.2) is 42.3 Å². The van der Waals surface area contributed by atoms with Gasteiger partial charge in [0.1, 0.15) is 5.82 Å². The van der Waals surface area contributed by atoms with Crippen LogP contribution < -0.4 is 15.5 Å². The van der Waals surface area contributed by atoms with Crippen molar-refractivity contribution in [1.29, 1.82) is 0 Å².